The first-order valence-electron chi connectivity index (χ1n) is 5.56. The summed E-state index contributed by atoms with van der Waals surface area (Å²) in [6, 6.07) is 3.77. The quantitative estimate of drug-likeness (QED) is 0.792. The lowest BCUT2D eigenvalue weighted by atomic mass is 10.2. The lowest BCUT2D eigenvalue weighted by Gasteiger charge is -2.17. The Morgan fingerprint density at radius 1 is 1.39 bits per heavy atom. The fourth-order valence-corrected chi connectivity index (χ4v) is 1.50. The van der Waals surface area contributed by atoms with E-state index >= 15 is 0 Å². The van der Waals surface area contributed by atoms with Crippen molar-refractivity contribution in [1.82, 2.24) is 9.88 Å². The molecule has 0 aliphatic carbocycles. The molecular weight excluding hydrogens is 232 g/mol. The normalized spacial score (nSPS) is 11.1. The van der Waals surface area contributed by atoms with Gasteiger partial charge in [-0.3, -0.25) is 9.78 Å². The number of aliphatic carboxylic acids is 1. The average molecular weight is 248 g/mol. The Balaban J connectivity index is 2.53. The number of carboxylic acids is 1. The van der Waals surface area contributed by atoms with Crippen LogP contribution in [0.25, 0.3) is 0 Å². The number of aromatic nitrogens is 1. The Morgan fingerprint density at radius 3 is 2.56 bits per heavy atom. The number of hydrogen-bond donors (Lipinski definition) is 1. The predicted octanol–water partition coefficient (Wildman–Crippen LogP) is 1.11. The molecule has 0 aliphatic heterocycles. The lowest BCUT2D eigenvalue weighted by Crippen LogP contribution is -2.29. The minimum Gasteiger partial charge on any atom is -0.478 e. The summed E-state index contributed by atoms with van der Waals surface area (Å²) in [7, 11) is 1.66. The zero-order valence-electron chi connectivity index (χ0n) is 10.5. The topological polar surface area (TPSA) is 70.5 Å². The molecule has 0 atom stereocenters. The van der Waals surface area contributed by atoms with E-state index in [0.717, 1.165) is 11.6 Å². The first-order chi connectivity index (χ1) is 8.50. The van der Waals surface area contributed by atoms with Crippen LogP contribution in [0.2, 0.25) is 0 Å². The fourth-order valence-electron chi connectivity index (χ4n) is 1.50. The van der Waals surface area contributed by atoms with E-state index < -0.39 is 5.97 Å². The second-order valence-corrected chi connectivity index (χ2v) is 4.00. The average Bonchev–Trinajstić information content (AvgIpc) is 2.35. The fraction of sp³-hybridized carbons (Fsp3) is 0.308. The maximum atomic E-state index is 11.8. The van der Waals surface area contributed by atoms with Gasteiger partial charge in [0.2, 0.25) is 5.91 Å². The second kappa shape index (κ2) is 6.54. The molecule has 1 N–H and O–H groups in total. The Kier molecular flexibility index (Phi) is 5.05. The highest BCUT2D eigenvalue weighted by molar-refractivity contribution is 5.98. The summed E-state index contributed by atoms with van der Waals surface area (Å²) in [6.45, 7) is 2.03. The predicted molar refractivity (Wildman–Crippen MR) is 67.0 cm³/mol. The molecule has 0 aliphatic rings. The van der Waals surface area contributed by atoms with E-state index in [1.165, 1.54) is 11.8 Å². The molecule has 0 unspecified atom stereocenters. The van der Waals surface area contributed by atoms with Crippen molar-refractivity contribution in [2.45, 2.75) is 13.3 Å². The summed E-state index contributed by atoms with van der Waals surface area (Å²) in [5, 5.41) is 8.57. The van der Waals surface area contributed by atoms with Gasteiger partial charge >= 0.3 is 5.97 Å². The molecule has 0 saturated carbocycles. The molecule has 96 valence electrons. The number of likely N-dealkylation sites (N-methyl/N-ethyl adjacent to an activating group) is 1. The van der Waals surface area contributed by atoms with Gasteiger partial charge in [0.15, 0.2) is 0 Å². The molecule has 0 saturated heterocycles. The van der Waals surface area contributed by atoms with Gasteiger partial charge in [0, 0.05) is 37.6 Å². The molecule has 0 aromatic carbocycles. The molecule has 0 bridgehead atoms. The molecule has 5 heteroatoms. The van der Waals surface area contributed by atoms with Crippen molar-refractivity contribution >= 4 is 11.9 Å². The van der Waals surface area contributed by atoms with Gasteiger partial charge in [0.05, 0.1) is 0 Å². The molecule has 0 fully saturated rings. The summed E-state index contributed by atoms with van der Waals surface area (Å²) in [5.41, 5.74) is 1.31. The Labute approximate surface area is 106 Å². The standard InChI is InChI=1S/C13H16N2O3/c1-10(9-12(16)17)13(18)15(2)8-5-11-3-6-14-7-4-11/h3-4,6-7,9H,5,8H2,1-2H3,(H,16,17)/b10-9+. The van der Waals surface area contributed by atoms with Crippen LogP contribution >= 0.6 is 0 Å². The Bertz CT molecular complexity index is 455. The van der Waals surface area contributed by atoms with Gasteiger partial charge in [-0.2, -0.15) is 0 Å². The SMILES string of the molecule is C/C(=C\C(=O)O)C(=O)N(C)CCc1ccncc1. The molecule has 0 radical (unpaired) electrons. The number of carbonyl (C=O) groups excluding carboxylic acids is 1. The Hall–Kier alpha value is -2.17. The van der Waals surface area contributed by atoms with Crippen molar-refractivity contribution in [3.8, 4) is 0 Å². The van der Waals surface area contributed by atoms with Gasteiger partial charge in [-0.15, -0.1) is 0 Å². The van der Waals surface area contributed by atoms with E-state index in [2.05, 4.69) is 4.98 Å². The zero-order valence-corrected chi connectivity index (χ0v) is 10.5. The summed E-state index contributed by atoms with van der Waals surface area (Å²) in [4.78, 5) is 27.7. The molecule has 1 heterocycles. The molecule has 1 aromatic heterocycles. The molecule has 5 nitrogen and oxygen atoms in total. The Morgan fingerprint density at radius 2 is 2.00 bits per heavy atom. The van der Waals surface area contributed by atoms with Gasteiger partial charge in [0.25, 0.3) is 0 Å². The minimum atomic E-state index is -1.11. The van der Waals surface area contributed by atoms with Crippen LogP contribution in [0.15, 0.2) is 36.2 Å². The van der Waals surface area contributed by atoms with Gasteiger partial charge in [0.1, 0.15) is 0 Å². The molecule has 1 amide bonds. The summed E-state index contributed by atoms with van der Waals surface area (Å²) >= 11 is 0. The molecule has 0 spiro atoms. The zero-order chi connectivity index (χ0) is 13.5. The van der Waals surface area contributed by atoms with Gasteiger partial charge in [-0.1, -0.05) is 0 Å². The number of rotatable bonds is 5. The largest absolute Gasteiger partial charge is 0.478 e. The highest BCUT2D eigenvalue weighted by Gasteiger charge is 2.11. The van der Waals surface area contributed by atoms with Crippen molar-refractivity contribution in [3.63, 3.8) is 0 Å². The van der Waals surface area contributed by atoms with Crippen molar-refractivity contribution < 1.29 is 14.7 Å². The van der Waals surface area contributed by atoms with Gasteiger partial charge in [-0.25, -0.2) is 4.79 Å². The van der Waals surface area contributed by atoms with E-state index in [-0.39, 0.29) is 11.5 Å². The lowest BCUT2D eigenvalue weighted by molar-refractivity contribution is -0.132. The van der Waals surface area contributed by atoms with Gasteiger partial charge < -0.3 is 10.0 Å². The highest BCUT2D eigenvalue weighted by atomic mass is 16.4. The van der Waals surface area contributed by atoms with Crippen LogP contribution in [0.3, 0.4) is 0 Å². The summed E-state index contributed by atoms with van der Waals surface area (Å²) in [5.74, 6) is -1.38. The third-order valence-corrected chi connectivity index (χ3v) is 2.51. The first kappa shape index (κ1) is 13.9. The van der Waals surface area contributed by atoms with Crippen LogP contribution in [0.5, 0.6) is 0 Å². The van der Waals surface area contributed by atoms with E-state index in [1.807, 2.05) is 12.1 Å². The van der Waals surface area contributed by atoms with E-state index in [1.54, 1.807) is 19.4 Å². The van der Waals surface area contributed by atoms with Crippen molar-refractivity contribution in [2.75, 3.05) is 13.6 Å². The van der Waals surface area contributed by atoms with E-state index in [0.29, 0.717) is 13.0 Å². The number of hydrogen-bond acceptors (Lipinski definition) is 3. The number of nitrogens with zero attached hydrogens (tertiary/aromatic N) is 2. The van der Waals surface area contributed by atoms with Crippen LogP contribution in [0, 0.1) is 0 Å². The summed E-state index contributed by atoms with van der Waals surface area (Å²) < 4.78 is 0. The van der Waals surface area contributed by atoms with Crippen LogP contribution in [0.1, 0.15) is 12.5 Å². The monoisotopic (exact) mass is 248 g/mol. The van der Waals surface area contributed by atoms with Crippen molar-refractivity contribution in [2.24, 2.45) is 0 Å². The van der Waals surface area contributed by atoms with Crippen LogP contribution < -0.4 is 0 Å². The maximum absolute atomic E-state index is 11.8. The third kappa shape index (κ3) is 4.37. The van der Waals surface area contributed by atoms with Crippen molar-refractivity contribution in [3.05, 3.63) is 41.7 Å². The maximum Gasteiger partial charge on any atom is 0.328 e. The third-order valence-electron chi connectivity index (χ3n) is 2.51. The van der Waals surface area contributed by atoms with Crippen LogP contribution in [0.4, 0.5) is 0 Å². The van der Waals surface area contributed by atoms with E-state index in [4.69, 9.17) is 5.11 Å². The minimum absolute atomic E-state index is 0.222. The first-order valence-corrected chi connectivity index (χ1v) is 5.56. The van der Waals surface area contributed by atoms with E-state index in [9.17, 15) is 9.59 Å². The van der Waals surface area contributed by atoms with Gasteiger partial charge in [-0.05, 0) is 31.0 Å². The second-order valence-electron chi connectivity index (χ2n) is 4.00. The smallest absolute Gasteiger partial charge is 0.328 e. The number of carboxylic acid groups (broad SMARTS) is 1. The number of carbonyl (C=O) groups is 2. The molecular formula is C13H16N2O3. The van der Waals surface area contributed by atoms with Crippen LogP contribution in [-0.4, -0.2) is 40.5 Å². The molecule has 1 rings (SSSR count). The summed E-state index contributed by atoms with van der Waals surface area (Å²) in [6.07, 6.45) is 5.04. The number of pyridine rings is 1. The number of amides is 1. The van der Waals surface area contributed by atoms with Crippen molar-refractivity contribution in [1.29, 1.82) is 0 Å². The van der Waals surface area contributed by atoms with Crippen LogP contribution in [-0.2, 0) is 16.0 Å². The highest BCUT2D eigenvalue weighted by Crippen LogP contribution is 2.03. The molecule has 1 aromatic rings. The molecule has 18 heavy (non-hydrogen) atoms.